The van der Waals surface area contributed by atoms with Crippen molar-refractivity contribution in [1.82, 2.24) is 29.9 Å². The molecule has 0 atom stereocenters. The Balaban J connectivity index is 1.57. The third-order valence-electron chi connectivity index (χ3n) is 5.07. The second-order valence-electron chi connectivity index (χ2n) is 7.40. The molecule has 1 aromatic carbocycles. The van der Waals surface area contributed by atoms with Crippen molar-refractivity contribution in [2.45, 2.75) is 21.7 Å². The normalized spacial score (nSPS) is 11.3. The average Bonchev–Trinajstić information content (AvgIpc) is 3.34. The third-order valence-corrected chi connectivity index (χ3v) is 7.79. The summed E-state index contributed by atoms with van der Waals surface area (Å²) in [7, 11) is -3.41. The van der Waals surface area contributed by atoms with E-state index in [4.69, 9.17) is 9.72 Å². The Morgan fingerprint density at radius 3 is 2.64 bits per heavy atom. The van der Waals surface area contributed by atoms with Crippen LogP contribution in [0, 0.1) is 11.3 Å². The van der Waals surface area contributed by atoms with Gasteiger partial charge in [0.1, 0.15) is 28.8 Å². The highest BCUT2D eigenvalue weighted by molar-refractivity contribution is 7.99. The van der Waals surface area contributed by atoms with Gasteiger partial charge in [0.25, 0.3) is 0 Å². The minimum Gasteiger partial charge on any atom is -0.456 e. The number of nitrogens with one attached hydrogen (secondary N) is 1. The molecule has 0 fully saturated rings. The Morgan fingerprint density at radius 1 is 1.03 bits per heavy atom. The molecule has 10 nitrogen and oxygen atoms in total. The molecule has 178 valence electrons. The van der Waals surface area contributed by atoms with Crippen LogP contribution in [0.2, 0.25) is 0 Å². The van der Waals surface area contributed by atoms with E-state index < -0.39 is 9.84 Å². The molecule has 36 heavy (non-hydrogen) atoms. The van der Waals surface area contributed by atoms with E-state index in [1.54, 1.807) is 56.0 Å². The van der Waals surface area contributed by atoms with Gasteiger partial charge >= 0.3 is 0 Å². The smallest absolute Gasteiger partial charge is 0.195 e. The molecular formula is C24H17N7O3S2. The second kappa shape index (κ2) is 9.73. The van der Waals surface area contributed by atoms with Gasteiger partial charge in [0.2, 0.25) is 0 Å². The van der Waals surface area contributed by atoms with E-state index >= 15 is 0 Å². The van der Waals surface area contributed by atoms with Crippen LogP contribution >= 0.6 is 11.8 Å². The number of sulfone groups is 1. The van der Waals surface area contributed by atoms with Crippen molar-refractivity contribution in [2.24, 2.45) is 0 Å². The summed E-state index contributed by atoms with van der Waals surface area (Å²) in [5, 5.41) is 9.46. The lowest BCUT2D eigenvalue weighted by Gasteiger charge is -2.09. The van der Waals surface area contributed by atoms with Crippen LogP contribution in [-0.2, 0) is 9.84 Å². The summed E-state index contributed by atoms with van der Waals surface area (Å²) in [5.41, 5.74) is 2.20. The van der Waals surface area contributed by atoms with Crippen molar-refractivity contribution in [1.29, 1.82) is 5.26 Å². The summed E-state index contributed by atoms with van der Waals surface area (Å²) < 4.78 is 30.1. The zero-order chi connectivity index (χ0) is 25.1. The zero-order valence-corrected chi connectivity index (χ0v) is 20.4. The topological polar surface area (TPSA) is 147 Å². The molecule has 12 heteroatoms. The minimum atomic E-state index is -3.41. The number of nitrogens with zero attached hydrogens (tertiary/aromatic N) is 6. The molecule has 4 aromatic heterocycles. The SMILES string of the molecule is CCS(=O)(=O)c1ccc(Oc2cc(Sc3cccnc3C#N)c3nc(-c4cnccn4)[nH]c3c2)cn1. The average molecular weight is 516 g/mol. The number of fused-ring (bicyclic) bond motifs is 1. The third kappa shape index (κ3) is 4.74. The lowest BCUT2D eigenvalue weighted by molar-refractivity contribution is 0.478. The maximum Gasteiger partial charge on any atom is 0.195 e. The summed E-state index contributed by atoms with van der Waals surface area (Å²) in [6.45, 7) is 1.56. The molecule has 5 aromatic rings. The van der Waals surface area contributed by atoms with E-state index in [0.29, 0.717) is 44.6 Å². The molecular weight excluding hydrogens is 498 g/mol. The van der Waals surface area contributed by atoms with Gasteiger partial charge in [-0.1, -0.05) is 18.7 Å². The fraction of sp³-hybridized carbons (Fsp3) is 0.0833. The molecule has 0 spiro atoms. The fourth-order valence-electron chi connectivity index (χ4n) is 3.31. The minimum absolute atomic E-state index is 0.00756. The standard InChI is InChI=1S/C24H17N7O3S2/c1-2-36(32,33)22-6-5-15(13-29-22)34-16-10-17-23(31-24(30-17)19-14-26-8-9-28-19)21(11-16)35-20-4-3-7-27-18(20)12-25/h3-11,13-14H,2H2,1H3,(H,30,31). The summed E-state index contributed by atoms with van der Waals surface area (Å²) in [5.74, 6) is 1.33. The van der Waals surface area contributed by atoms with Crippen LogP contribution in [0.1, 0.15) is 12.6 Å². The highest BCUT2D eigenvalue weighted by Gasteiger charge is 2.17. The van der Waals surface area contributed by atoms with E-state index in [1.807, 2.05) is 6.07 Å². The number of aromatic nitrogens is 6. The first-order chi connectivity index (χ1) is 17.5. The largest absolute Gasteiger partial charge is 0.456 e. The number of hydrogen-bond donors (Lipinski definition) is 1. The van der Waals surface area contributed by atoms with Crippen molar-refractivity contribution in [3.05, 3.63) is 73.1 Å². The lowest BCUT2D eigenvalue weighted by atomic mass is 10.3. The Labute approximate surface area is 210 Å². The Morgan fingerprint density at radius 2 is 1.92 bits per heavy atom. The van der Waals surface area contributed by atoms with Crippen molar-refractivity contribution < 1.29 is 13.2 Å². The number of benzene rings is 1. The number of nitriles is 1. The predicted octanol–water partition coefficient (Wildman–Crippen LogP) is 4.42. The van der Waals surface area contributed by atoms with Crippen LogP contribution in [0.4, 0.5) is 0 Å². The lowest BCUT2D eigenvalue weighted by Crippen LogP contribution is -2.05. The van der Waals surface area contributed by atoms with Crippen LogP contribution in [0.3, 0.4) is 0 Å². The van der Waals surface area contributed by atoms with Crippen molar-refractivity contribution in [3.63, 3.8) is 0 Å². The Hall–Kier alpha value is -4.34. The van der Waals surface area contributed by atoms with Crippen molar-refractivity contribution >= 4 is 32.6 Å². The Kier molecular flexibility index (Phi) is 6.32. The van der Waals surface area contributed by atoms with Gasteiger partial charge in [-0.3, -0.25) is 4.98 Å². The molecule has 0 aliphatic rings. The first-order valence-corrected chi connectivity index (χ1v) is 13.1. The number of H-pyrrole nitrogens is 1. The highest BCUT2D eigenvalue weighted by Crippen LogP contribution is 2.38. The van der Waals surface area contributed by atoms with E-state index in [1.165, 1.54) is 24.0 Å². The van der Waals surface area contributed by atoms with E-state index in [2.05, 4.69) is 31.0 Å². The van der Waals surface area contributed by atoms with Gasteiger partial charge in [0.15, 0.2) is 26.4 Å². The number of ether oxygens (including phenoxy) is 1. The first kappa shape index (κ1) is 23.4. The molecule has 0 saturated carbocycles. The summed E-state index contributed by atoms with van der Waals surface area (Å²) in [6.07, 6.45) is 7.70. The van der Waals surface area contributed by atoms with Crippen molar-refractivity contribution in [2.75, 3.05) is 5.75 Å². The van der Waals surface area contributed by atoms with Crippen LogP contribution in [0.25, 0.3) is 22.6 Å². The van der Waals surface area contributed by atoms with Gasteiger partial charge in [-0.05, 0) is 30.3 Å². The number of imidazole rings is 1. The highest BCUT2D eigenvalue weighted by atomic mass is 32.2. The molecule has 1 N–H and O–H groups in total. The zero-order valence-electron chi connectivity index (χ0n) is 18.8. The molecule has 0 aliphatic heterocycles. The molecule has 0 radical (unpaired) electrons. The maximum atomic E-state index is 12.1. The monoisotopic (exact) mass is 515 g/mol. The van der Waals surface area contributed by atoms with Crippen LogP contribution < -0.4 is 4.74 Å². The van der Waals surface area contributed by atoms with Gasteiger partial charge in [0.05, 0.1) is 23.7 Å². The van der Waals surface area contributed by atoms with E-state index in [0.717, 1.165) is 4.90 Å². The maximum absolute atomic E-state index is 12.1. The van der Waals surface area contributed by atoms with E-state index in [-0.39, 0.29) is 10.8 Å². The second-order valence-corrected chi connectivity index (χ2v) is 10.7. The van der Waals surface area contributed by atoms with Gasteiger partial charge in [-0.15, -0.1) is 0 Å². The predicted molar refractivity (Wildman–Crippen MR) is 132 cm³/mol. The van der Waals surface area contributed by atoms with Crippen LogP contribution in [-0.4, -0.2) is 44.1 Å². The van der Waals surface area contributed by atoms with Crippen LogP contribution in [0.5, 0.6) is 11.5 Å². The number of hydrogen-bond acceptors (Lipinski definition) is 10. The van der Waals surface area contributed by atoms with Crippen molar-refractivity contribution in [3.8, 4) is 29.1 Å². The fourth-order valence-corrected chi connectivity index (χ4v) is 5.10. The van der Waals surface area contributed by atoms with E-state index in [9.17, 15) is 13.7 Å². The molecule has 0 unspecified atom stereocenters. The quantitative estimate of drug-likeness (QED) is 0.330. The molecule has 5 rings (SSSR count). The summed E-state index contributed by atoms with van der Waals surface area (Å²) in [6, 6.07) is 12.2. The first-order valence-electron chi connectivity index (χ1n) is 10.7. The summed E-state index contributed by atoms with van der Waals surface area (Å²) in [4.78, 5) is 25.9. The number of pyridine rings is 2. The molecule has 0 aliphatic carbocycles. The number of aromatic amines is 1. The molecule has 0 amide bonds. The Bertz CT molecular complexity index is 1700. The van der Waals surface area contributed by atoms with Gasteiger partial charge in [-0.25, -0.2) is 28.4 Å². The van der Waals surface area contributed by atoms with Gasteiger partial charge < -0.3 is 9.72 Å². The molecule has 0 saturated heterocycles. The molecule has 0 bridgehead atoms. The summed E-state index contributed by atoms with van der Waals surface area (Å²) >= 11 is 1.33. The molecule has 4 heterocycles. The van der Waals surface area contributed by atoms with Gasteiger partial charge in [-0.2, -0.15) is 5.26 Å². The number of rotatable bonds is 7. The van der Waals surface area contributed by atoms with Crippen LogP contribution in [0.15, 0.2) is 82.2 Å². The van der Waals surface area contributed by atoms with Gasteiger partial charge in [0, 0.05) is 34.4 Å².